The number of esters is 1. The van der Waals surface area contributed by atoms with Gasteiger partial charge in [-0.25, -0.2) is 4.39 Å². The number of nitrogens with zero attached hydrogens (tertiary/aromatic N) is 2. The molecule has 0 aromatic heterocycles. The number of hydrogen-bond acceptors (Lipinski definition) is 4. The normalized spacial score (nSPS) is 11.4. The highest BCUT2D eigenvalue weighted by molar-refractivity contribution is 5.81. The molecular weight excluding hydrogens is 287 g/mol. The number of hydrogen-bond donors (Lipinski definition) is 0. The molecule has 0 fully saturated rings. The van der Waals surface area contributed by atoms with Gasteiger partial charge in [0, 0.05) is 13.6 Å². The highest BCUT2D eigenvalue weighted by atomic mass is 19.1. The SMILES string of the molecule is CC(Cc1cccc(F)c1)C(=O)OCC(=O)N(C)CCC#N. The van der Waals surface area contributed by atoms with E-state index in [9.17, 15) is 14.0 Å². The summed E-state index contributed by atoms with van der Waals surface area (Å²) in [7, 11) is 1.55. The van der Waals surface area contributed by atoms with E-state index in [4.69, 9.17) is 10.00 Å². The van der Waals surface area contributed by atoms with Crippen LogP contribution in [0.15, 0.2) is 24.3 Å². The van der Waals surface area contributed by atoms with E-state index in [1.54, 1.807) is 26.1 Å². The molecule has 0 aliphatic heterocycles. The van der Waals surface area contributed by atoms with Gasteiger partial charge in [0.25, 0.3) is 5.91 Å². The zero-order valence-electron chi connectivity index (χ0n) is 12.7. The fraction of sp³-hybridized carbons (Fsp3) is 0.438. The third-order valence-electron chi connectivity index (χ3n) is 3.16. The molecule has 0 bridgehead atoms. The Labute approximate surface area is 129 Å². The van der Waals surface area contributed by atoms with Crippen LogP contribution in [0.3, 0.4) is 0 Å². The van der Waals surface area contributed by atoms with Crippen LogP contribution in [0.2, 0.25) is 0 Å². The second-order valence-corrected chi connectivity index (χ2v) is 5.07. The first-order chi connectivity index (χ1) is 10.4. The quantitative estimate of drug-likeness (QED) is 0.722. The van der Waals surface area contributed by atoms with E-state index >= 15 is 0 Å². The molecular formula is C16H19FN2O3. The molecule has 5 nitrogen and oxygen atoms in total. The van der Waals surface area contributed by atoms with E-state index in [2.05, 4.69) is 0 Å². The van der Waals surface area contributed by atoms with Gasteiger partial charge in [-0.1, -0.05) is 19.1 Å². The Morgan fingerprint density at radius 1 is 1.45 bits per heavy atom. The maximum absolute atomic E-state index is 13.1. The molecule has 0 aliphatic rings. The third kappa shape index (κ3) is 5.92. The molecule has 22 heavy (non-hydrogen) atoms. The number of carbonyl (C=O) groups excluding carboxylic acids is 2. The van der Waals surface area contributed by atoms with Crippen molar-refractivity contribution in [2.24, 2.45) is 5.92 Å². The molecule has 1 atom stereocenters. The summed E-state index contributed by atoms with van der Waals surface area (Å²) in [5.74, 6) is -1.70. The van der Waals surface area contributed by atoms with Gasteiger partial charge in [-0.3, -0.25) is 9.59 Å². The number of nitriles is 1. The van der Waals surface area contributed by atoms with Gasteiger partial charge >= 0.3 is 5.97 Å². The largest absolute Gasteiger partial charge is 0.455 e. The number of likely N-dealkylation sites (N-methyl/N-ethyl adjacent to an activating group) is 1. The second-order valence-electron chi connectivity index (χ2n) is 5.07. The van der Waals surface area contributed by atoms with Crippen LogP contribution in [0.1, 0.15) is 18.9 Å². The topological polar surface area (TPSA) is 70.4 Å². The number of amides is 1. The summed E-state index contributed by atoms with van der Waals surface area (Å²) in [6, 6.07) is 7.95. The van der Waals surface area contributed by atoms with Gasteiger partial charge in [0.05, 0.1) is 18.4 Å². The molecule has 0 aliphatic carbocycles. The minimum Gasteiger partial charge on any atom is -0.455 e. The summed E-state index contributed by atoms with van der Waals surface area (Å²) in [5.41, 5.74) is 0.696. The van der Waals surface area contributed by atoms with Crippen molar-refractivity contribution in [3.63, 3.8) is 0 Å². The molecule has 1 aromatic carbocycles. The number of carbonyl (C=O) groups is 2. The third-order valence-corrected chi connectivity index (χ3v) is 3.16. The van der Waals surface area contributed by atoms with Crippen LogP contribution in [-0.2, 0) is 20.7 Å². The minimum atomic E-state index is -0.508. The van der Waals surface area contributed by atoms with Crippen molar-refractivity contribution in [1.82, 2.24) is 4.90 Å². The monoisotopic (exact) mass is 306 g/mol. The van der Waals surface area contributed by atoms with Crippen molar-refractivity contribution >= 4 is 11.9 Å². The zero-order valence-corrected chi connectivity index (χ0v) is 12.7. The van der Waals surface area contributed by atoms with Crippen LogP contribution in [0.25, 0.3) is 0 Å². The predicted molar refractivity (Wildman–Crippen MR) is 78.1 cm³/mol. The lowest BCUT2D eigenvalue weighted by Gasteiger charge is -2.16. The average molecular weight is 306 g/mol. The Morgan fingerprint density at radius 2 is 2.18 bits per heavy atom. The fourth-order valence-corrected chi connectivity index (χ4v) is 1.83. The Balaban J connectivity index is 2.41. The first kappa shape index (κ1) is 17.6. The molecule has 0 saturated heterocycles. The van der Waals surface area contributed by atoms with Crippen LogP contribution in [0.5, 0.6) is 0 Å². The van der Waals surface area contributed by atoms with Crippen LogP contribution in [-0.4, -0.2) is 37.0 Å². The number of ether oxygens (including phenoxy) is 1. The van der Waals surface area contributed by atoms with Crippen molar-refractivity contribution in [3.05, 3.63) is 35.6 Å². The Morgan fingerprint density at radius 3 is 2.82 bits per heavy atom. The van der Waals surface area contributed by atoms with Crippen molar-refractivity contribution in [2.75, 3.05) is 20.2 Å². The van der Waals surface area contributed by atoms with Gasteiger partial charge in [0.15, 0.2) is 6.61 Å². The lowest BCUT2D eigenvalue weighted by atomic mass is 10.0. The van der Waals surface area contributed by atoms with Crippen LogP contribution >= 0.6 is 0 Å². The molecule has 1 amide bonds. The van der Waals surface area contributed by atoms with Crippen molar-refractivity contribution < 1.29 is 18.7 Å². The van der Waals surface area contributed by atoms with E-state index in [1.165, 1.54) is 17.0 Å². The van der Waals surface area contributed by atoms with Gasteiger partial charge in [-0.2, -0.15) is 5.26 Å². The predicted octanol–water partition coefficient (Wildman–Crippen LogP) is 1.92. The maximum Gasteiger partial charge on any atom is 0.309 e. The minimum absolute atomic E-state index is 0.228. The van der Waals surface area contributed by atoms with Gasteiger partial charge in [0.2, 0.25) is 0 Å². The van der Waals surface area contributed by atoms with Gasteiger partial charge < -0.3 is 9.64 Å². The standard InChI is InChI=1S/C16H19FN2O3/c1-12(9-13-5-3-6-14(17)10-13)16(21)22-11-15(20)19(2)8-4-7-18/h3,5-6,10,12H,4,8-9,11H2,1-2H3. The molecule has 1 unspecified atom stereocenters. The highest BCUT2D eigenvalue weighted by Gasteiger charge is 2.18. The average Bonchev–Trinajstić information content (AvgIpc) is 2.49. The molecule has 1 aromatic rings. The maximum atomic E-state index is 13.1. The molecule has 1 rings (SSSR count). The van der Waals surface area contributed by atoms with E-state index in [-0.39, 0.29) is 24.8 Å². The van der Waals surface area contributed by atoms with Crippen molar-refractivity contribution in [3.8, 4) is 6.07 Å². The van der Waals surface area contributed by atoms with E-state index in [1.807, 2.05) is 6.07 Å². The number of benzene rings is 1. The molecule has 0 saturated carbocycles. The highest BCUT2D eigenvalue weighted by Crippen LogP contribution is 2.11. The summed E-state index contributed by atoms with van der Waals surface area (Å²) in [6.45, 7) is 1.61. The molecule has 0 heterocycles. The number of rotatable bonds is 7. The molecule has 0 radical (unpaired) electrons. The Kier molecular flexibility index (Phi) is 7.03. The van der Waals surface area contributed by atoms with Gasteiger partial charge in [-0.05, 0) is 24.1 Å². The molecule has 0 N–H and O–H groups in total. The zero-order chi connectivity index (χ0) is 16.5. The van der Waals surface area contributed by atoms with E-state index < -0.39 is 11.9 Å². The lowest BCUT2D eigenvalue weighted by molar-refractivity contribution is -0.154. The van der Waals surface area contributed by atoms with Crippen LogP contribution in [0.4, 0.5) is 4.39 Å². The summed E-state index contributed by atoms with van der Waals surface area (Å²) >= 11 is 0. The van der Waals surface area contributed by atoms with Crippen molar-refractivity contribution in [1.29, 1.82) is 5.26 Å². The van der Waals surface area contributed by atoms with Gasteiger partial charge in [0.1, 0.15) is 5.82 Å². The molecule has 118 valence electrons. The van der Waals surface area contributed by atoms with Crippen LogP contribution < -0.4 is 0 Å². The van der Waals surface area contributed by atoms with Gasteiger partial charge in [-0.15, -0.1) is 0 Å². The Bertz CT molecular complexity index is 569. The molecule has 0 spiro atoms. The first-order valence-corrected chi connectivity index (χ1v) is 6.96. The second kappa shape index (κ2) is 8.78. The number of halogens is 1. The smallest absolute Gasteiger partial charge is 0.309 e. The van der Waals surface area contributed by atoms with Crippen LogP contribution in [0, 0.1) is 23.1 Å². The Hall–Kier alpha value is -2.42. The molecule has 6 heteroatoms. The summed E-state index contributed by atoms with van der Waals surface area (Å²) in [5, 5.41) is 8.45. The summed E-state index contributed by atoms with van der Waals surface area (Å²) < 4.78 is 18.0. The summed E-state index contributed by atoms with van der Waals surface area (Å²) in [6.07, 6.45) is 0.571. The first-order valence-electron chi connectivity index (χ1n) is 6.96. The van der Waals surface area contributed by atoms with Crippen molar-refractivity contribution in [2.45, 2.75) is 19.8 Å². The lowest BCUT2D eigenvalue weighted by Crippen LogP contribution is -2.32. The fourth-order valence-electron chi connectivity index (χ4n) is 1.83. The van der Waals surface area contributed by atoms with E-state index in [0.29, 0.717) is 18.5 Å². The summed E-state index contributed by atoms with van der Waals surface area (Å²) in [4.78, 5) is 24.8. The van der Waals surface area contributed by atoms with E-state index in [0.717, 1.165) is 0 Å².